The van der Waals surface area contributed by atoms with Gasteiger partial charge in [0.1, 0.15) is 0 Å². The number of unbranched alkanes of at least 4 members (excludes halogenated alkanes) is 5. The van der Waals surface area contributed by atoms with Crippen molar-refractivity contribution in [1.29, 1.82) is 0 Å². The predicted molar refractivity (Wildman–Crippen MR) is 87.9 cm³/mol. The summed E-state index contributed by atoms with van der Waals surface area (Å²) in [6.07, 6.45) is 14.2. The maximum atomic E-state index is 6.81. The van der Waals surface area contributed by atoms with Gasteiger partial charge in [-0.05, 0) is 36.8 Å². The third-order valence-corrected chi connectivity index (χ3v) is 4.85. The molecule has 1 heteroatoms. The molecular formula is C19H31N. The molecule has 0 aliphatic heterocycles. The lowest BCUT2D eigenvalue weighted by molar-refractivity contribution is 0.354. The normalized spacial score (nSPS) is 22.3. The lowest BCUT2D eigenvalue weighted by Crippen LogP contribution is -2.36. The van der Waals surface area contributed by atoms with E-state index in [1.807, 2.05) is 0 Å². The molecule has 2 N–H and O–H groups in total. The van der Waals surface area contributed by atoms with Crippen LogP contribution in [0.2, 0.25) is 0 Å². The fourth-order valence-electron chi connectivity index (χ4n) is 3.60. The molecule has 1 aliphatic carbocycles. The zero-order chi connectivity index (χ0) is 14.3. The van der Waals surface area contributed by atoms with Crippen molar-refractivity contribution >= 4 is 0 Å². The molecule has 0 amide bonds. The van der Waals surface area contributed by atoms with Crippen molar-refractivity contribution in [3.05, 3.63) is 35.4 Å². The first-order chi connectivity index (χ1) is 9.76. The van der Waals surface area contributed by atoms with Gasteiger partial charge in [0.05, 0.1) is 0 Å². The number of fused-ring (bicyclic) bond motifs is 1. The molecule has 0 fully saturated rings. The first kappa shape index (κ1) is 15.6. The second-order valence-electron chi connectivity index (χ2n) is 6.54. The molecule has 1 atom stereocenters. The van der Waals surface area contributed by atoms with Gasteiger partial charge in [0.25, 0.3) is 0 Å². The SMILES string of the molecule is CCCCCCCCC1(N)CCCCc2ccccc21. The number of benzene rings is 1. The van der Waals surface area contributed by atoms with E-state index in [0.29, 0.717) is 0 Å². The lowest BCUT2D eigenvalue weighted by Gasteiger charge is -2.30. The van der Waals surface area contributed by atoms with Gasteiger partial charge in [-0.3, -0.25) is 0 Å². The quantitative estimate of drug-likeness (QED) is 0.528. The van der Waals surface area contributed by atoms with E-state index in [9.17, 15) is 0 Å². The Morgan fingerprint density at radius 1 is 1.00 bits per heavy atom. The molecule has 0 radical (unpaired) electrons. The van der Waals surface area contributed by atoms with Crippen molar-refractivity contribution < 1.29 is 0 Å². The molecule has 0 heterocycles. The van der Waals surface area contributed by atoms with Crippen LogP contribution in [-0.2, 0) is 12.0 Å². The summed E-state index contributed by atoms with van der Waals surface area (Å²) < 4.78 is 0. The van der Waals surface area contributed by atoms with E-state index >= 15 is 0 Å². The molecule has 1 aromatic rings. The average Bonchev–Trinajstić information content (AvgIpc) is 2.63. The molecule has 20 heavy (non-hydrogen) atoms. The summed E-state index contributed by atoms with van der Waals surface area (Å²) in [5.74, 6) is 0. The first-order valence-electron chi connectivity index (χ1n) is 8.63. The number of hydrogen-bond donors (Lipinski definition) is 1. The van der Waals surface area contributed by atoms with Crippen molar-refractivity contribution in [2.24, 2.45) is 5.73 Å². The van der Waals surface area contributed by atoms with Crippen molar-refractivity contribution in [2.75, 3.05) is 0 Å². The lowest BCUT2D eigenvalue weighted by atomic mass is 9.81. The van der Waals surface area contributed by atoms with E-state index in [1.165, 1.54) is 75.3 Å². The first-order valence-corrected chi connectivity index (χ1v) is 8.63. The highest BCUT2D eigenvalue weighted by Gasteiger charge is 2.30. The molecule has 1 aliphatic rings. The monoisotopic (exact) mass is 273 g/mol. The van der Waals surface area contributed by atoms with Crippen LogP contribution in [0, 0.1) is 0 Å². The summed E-state index contributed by atoms with van der Waals surface area (Å²) in [6, 6.07) is 8.88. The zero-order valence-corrected chi connectivity index (χ0v) is 13.2. The van der Waals surface area contributed by atoms with Crippen LogP contribution in [0.25, 0.3) is 0 Å². The largest absolute Gasteiger partial charge is 0.321 e. The van der Waals surface area contributed by atoms with Gasteiger partial charge in [-0.25, -0.2) is 0 Å². The van der Waals surface area contributed by atoms with Crippen molar-refractivity contribution in [3.8, 4) is 0 Å². The van der Waals surface area contributed by atoms with Gasteiger partial charge in [0, 0.05) is 5.54 Å². The molecular weight excluding hydrogens is 242 g/mol. The maximum Gasteiger partial charge on any atom is 0.0412 e. The third kappa shape index (κ3) is 4.09. The smallest absolute Gasteiger partial charge is 0.0412 e. The van der Waals surface area contributed by atoms with E-state index in [1.54, 1.807) is 0 Å². The third-order valence-electron chi connectivity index (χ3n) is 4.85. The Labute approximate surface area is 125 Å². The molecule has 112 valence electrons. The Morgan fingerprint density at radius 2 is 1.75 bits per heavy atom. The Kier molecular flexibility index (Phi) is 6.09. The summed E-state index contributed by atoms with van der Waals surface area (Å²) in [4.78, 5) is 0. The Morgan fingerprint density at radius 3 is 2.60 bits per heavy atom. The molecule has 0 aromatic heterocycles. The van der Waals surface area contributed by atoms with Crippen molar-refractivity contribution in [2.45, 2.75) is 83.1 Å². The maximum absolute atomic E-state index is 6.81. The number of rotatable bonds is 7. The molecule has 1 aromatic carbocycles. The molecule has 0 saturated carbocycles. The van der Waals surface area contributed by atoms with Crippen LogP contribution in [0.1, 0.15) is 82.3 Å². The summed E-state index contributed by atoms with van der Waals surface area (Å²) in [5.41, 5.74) is 9.69. The molecule has 0 saturated heterocycles. The molecule has 1 nitrogen and oxygen atoms in total. The summed E-state index contributed by atoms with van der Waals surface area (Å²) in [7, 11) is 0. The highest BCUT2D eigenvalue weighted by atomic mass is 14.7. The van der Waals surface area contributed by atoms with Crippen LogP contribution < -0.4 is 5.73 Å². The minimum Gasteiger partial charge on any atom is -0.321 e. The molecule has 1 unspecified atom stereocenters. The van der Waals surface area contributed by atoms with Gasteiger partial charge in [-0.15, -0.1) is 0 Å². The second kappa shape index (κ2) is 7.83. The fourth-order valence-corrected chi connectivity index (χ4v) is 3.60. The zero-order valence-electron chi connectivity index (χ0n) is 13.2. The Bertz CT molecular complexity index is 399. The van der Waals surface area contributed by atoms with Crippen LogP contribution in [0.4, 0.5) is 0 Å². The van der Waals surface area contributed by atoms with Crippen molar-refractivity contribution in [1.82, 2.24) is 0 Å². The average molecular weight is 273 g/mol. The summed E-state index contributed by atoms with van der Waals surface area (Å²) >= 11 is 0. The minimum absolute atomic E-state index is 0.0577. The summed E-state index contributed by atoms with van der Waals surface area (Å²) in [6.45, 7) is 2.28. The minimum atomic E-state index is -0.0577. The molecule has 2 rings (SSSR count). The second-order valence-corrected chi connectivity index (χ2v) is 6.54. The number of aryl methyl sites for hydroxylation is 1. The molecule has 0 spiro atoms. The Hall–Kier alpha value is -0.820. The van der Waals surface area contributed by atoms with Crippen LogP contribution in [-0.4, -0.2) is 0 Å². The van der Waals surface area contributed by atoms with Gasteiger partial charge in [0.15, 0.2) is 0 Å². The standard InChI is InChI=1S/C19H31N/c1-2-3-4-5-6-10-15-19(20)16-11-9-13-17-12-7-8-14-18(17)19/h7-8,12,14H,2-6,9-11,13,15-16,20H2,1H3. The van der Waals surface area contributed by atoms with Gasteiger partial charge in [-0.2, -0.15) is 0 Å². The van der Waals surface area contributed by atoms with Crippen molar-refractivity contribution in [3.63, 3.8) is 0 Å². The van der Waals surface area contributed by atoms with E-state index in [2.05, 4.69) is 31.2 Å². The van der Waals surface area contributed by atoms with Gasteiger partial charge in [0.2, 0.25) is 0 Å². The highest BCUT2D eigenvalue weighted by molar-refractivity contribution is 5.34. The van der Waals surface area contributed by atoms with Gasteiger partial charge < -0.3 is 5.73 Å². The highest BCUT2D eigenvalue weighted by Crippen LogP contribution is 2.36. The van der Waals surface area contributed by atoms with E-state index in [0.717, 1.165) is 6.42 Å². The van der Waals surface area contributed by atoms with Crippen LogP contribution >= 0.6 is 0 Å². The topological polar surface area (TPSA) is 26.0 Å². The number of nitrogens with two attached hydrogens (primary N) is 1. The Balaban J connectivity index is 1.91. The predicted octanol–water partition coefficient (Wildman–Crippen LogP) is 5.32. The van der Waals surface area contributed by atoms with Gasteiger partial charge in [-0.1, -0.05) is 76.1 Å². The van der Waals surface area contributed by atoms with E-state index in [-0.39, 0.29) is 5.54 Å². The fraction of sp³-hybridized carbons (Fsp3) is 0.684. The van der Waals surface area contributed by atoms with E-state index in [4.69, 9.17) is 5.73 Å². The van der Waals surface area contributed by atoms with Crippen LogP contribution in [0.5, 0.6) is 0 Å². The van der Waals surface area contributed by atoms with Crippen LogP contribution in [0.3, 0.4) is 0 Å². The van der Waals surface area contributed by atoms with Gasteiger partial charge >= 0.3 is 0 Å². The van der Waals surface area contributed by atoms with E-state index < -0.39 is 0 Å². The molecule has 0 bridgehead atoms. The summed E-state index contributed by atoms with van der Waals surface area (Å²) in [5, 5.41) is 0. The van der Waals surface area contributed by atoms with Crippen LogP contribution in [0.15, 0.2) is 24.3 Å². The number of hydrogen-bond acceptors (Lipinski definition) is 1.